The maximum absolute atomic E-state index is 12.8. The molecule has 2 rings (SSSR count). The van der Waals surface area contributed by atoms with Gasteiger partial charge in [0.05, 0.1) is 0 Å². The highest BCUT2D eigenvalue weighted by Gasteiger charge is 2.18. The second-order valence-electron chi connectivity index (χ2n) is 2.54. The van der Waals surface area contributed by atoms with Crippen LogP contribution in [-0.2, 0) is 4.84 Å². The van der Waals surface area contributed by atoms with E-state index < -0.39 is 0 Å². The topological polar surface area (TPSA) is 50.8 Å². The quantitative estimate of drug-likeness (QED) is 0.651. The molecule has 1 heterocycles. The molecule has 13 heavy (non-hydrogen) atoms. The summed E-state index contributed by atoms with van der Waals surface area (Å²) in [6, 6.07) is 5.97. The van der Waals surface area contributed by atoms with Gasteiger partial charge in [0.1, 0.15) is 5.82 Å². The summed E-state index contributed by atoms with van der Waals surface area (Å²) < 4.78 is 12.8. The van der Waals surface area contributed by atoms with Crippen molar-refractivity contribution in [2.75, 3.05) is 0 Å². The van der Waals surface area contributed by atoms with Crippen LogP contribution >= 0.6 is 0 Å². The van der Waals surface area contributed by atoms with Crippen LogP contribution in [-0.4, -0.2) is 10.8 Å². The third kappa shape index (κ3) is 1.46. The first-order valence-corrected chi connectivity index (χ1v) is 3.64. The van der Waals surface area contributed by atoms with Gasteiger partial charge in [0.2, 0.25) is 0 Å². The Morgan fingerprint density at radius 1 is 1.46 bits per heavy atom. The van der Waals surface area contributed by atoms with Crippen LogP contribution < -0.4 is 5.84 Å². The third-order valence-corrected chi connectivity index (χ3v) is 1.63. The van der Waals surface area contributed by atoms with Crippen molar-refractivity contribution >= 4 is 5.84 Å². The summed E-state index contributed by atoms with van der Waals surface area (Å²) in [6.07, 6.45) is 0. The van der Waals surface area contributed by atoms with Crippen molar-refractivity contribution in [3.8, 4) is 0 Å². The van der Waals surface area contributed by atoms with Gasteiger partial charge in [0.15, 0.2) is 5.84 Å². The Morgan fingerprint density at radius 2 is 2.31 bits per heavy atom. The van der Waals surface area contributed by atoms with Crippen LogP contribution in [0, 0.1) is 12.5 Å². The fourth-order valence-electron chi connectivity index (χ4n) is 1.05. The van der Waals surface area contributed by atoms with Crippen molar-refractivity contribution in [1.82, 2.24) is 5.01 Å². The number of benzene rings is 1. The molecule has 1 aliphatic heterocycles. The monoisotopic (exact) mass is 180 g/mol. The van der Waals surface area contributed by atoms with Gasteiger partial charge < -0.3 is 4.84 Å². The van der Waals surface area contributed by atoms with Gasteiger partial charge >= 0.3 is 0 Å². The lowest BCUT2D eigenvalue weighted by Gasteiger charge is -2.08. The molecule has 0 fully saturated rings. The molecule has 0 saturated carbocycles. The SMILES string of the molecule is NN1[CH]ON=C1c1cccc(F)c1. The van der Waals surface area contributed by atoms with E-state index in [-0.39, 0.29) is 5.82 Å². The molecule has 0 aromatic heterocycles. The molecule has 0 unspecified atom stereocenters. The Hall–Kier alpha value is -1.62. The van der Waals surface area contributed by atoms with Crippen LogP contribution in [0.2, 0.25) is 0 Å². The summed E-state index contributed by atoms with van der Waals surface area (Å²) in [6.45, 7) is 1.24. The normalized spacial score (nSPS) is 15.5. The first-order valence-electron chi connectivity index (χ1n) is 3.64. The molecule has 0 amide bonds. The summed E-state index contributed by atoms with van der Waals surface area (Å²) in [7, 11) is 0. The molecular formula is C8H7FN3O. The van der Waals surface area contributed by atoms with E-state index in [0.717, 1.165) is 0 Å². The zero-order valence-corrected chi connectivity index (χ0v) is 6.64. The first-order chi connectivity index (χ1) is 6.27. The molecule has 0 aliphatic carbocycles. The van der Waals surface area contributed by atoms with Crippen molar-refractivity contribution in [3.05, 3.63) is 42.4 Å². The Morgan fingerprint density at radius 3 is 2.92 bits per heavy atom. The van der Waals surface area contributed by atoms with E-state index in [4.69, 9.17) is 5.84 Å². The van der Waals surface area contributed by atoms with E-state index in [2.05, 4.69) is 9.99 Å². The number of hydrogen-bond donors (Lipinski definition) is 1. The minimum atomic E-state index is -0.333. The van der Waals surface area contributed by atoms with Gasteiger partial charge in [-0.05, 0) is 12.1 Å². The second-order valence-corrected chi connectivity index (χ2v) is 2.54. The van der Waals surface area contributed by atoms with Gasteiger partial charge in [-0.3, -0.25) is 0 Å². The predicted octanol–water partition coefficient (Wildman–Crippen LogP) is 0.812. The smallest absolute Gasteiger partial charge is 0.274 e. The average Bonchev–Trinajstić information content (AvgIpc) is 2.51. The molecule has 1 radical (unpaired) electrons. The van der Waals surface area contributed by atoms with Gasteiger partial charge in [0.25, 0.3) is 6.73 Å². The van der Waals surface area contributed by atoms with Gasteiger partial charge in [-0.2, -0.15) is 0 Å². The largest absolute Gasteiger partial charge is 0.360 e. The van der Waals surface area contributed by atoms with Crippen LogP contribution in [0.15, 0.2) is 29.4 Å². The molecule has 5 heteroatoms. The number of halogens is 1. The van der Waals surface area contributed by atoms with Crippen LogP contribution in [0.5, 0.6) is 0 Å². The summed E-state index contributed by atoms with van der Waals surface area (Å²) in [5.74, 6) is 5.52. The number of nitrogens with two attached hydrogens (primary N) is 1. The number of amidine groups is 1. The van der Waals surface area contributed by atoms with Crippen molar-refractivity contribution in [2.45, 2.75) is 0 Å². The molecule has 0 bridgehead atoms. The number of oxime groups is 1. The molecule has 1 aliphatic rings. The summed E-state index contributed by atoms with van der Waals surface area (Å²) >= 11 is 0. The molecule has 0 saturated heterocycles. The van der Waals surface area contributed by atoms with Crippen LogP contribution in [0.1, 0.15) is 5.56 Å². The Balaban J connectivity index is 2.35. The van der Waals surface area contributed by atoms with Crippen LogP contribution in [0.25, 0.3) is 0 Å². The van der Waals surface area contributed by atoms with E-state index >= 15 is 0 Å². The standard InChI is InChI=1S/C8H7FN3O/c9-7-3-1-2-6(4-7)8-11-13-5-12(8)10/h1-5H,10H2. The van der Waals surface area contributed by atoms with E-state index in [1.807, 2.05) is 0 Å². The maximum atomic E-state index is 12.8. The van der Waals surface area contributed by atoms with E-state index in [1.165, 1.54) is 23.9 Å². The Labute approximate surface area is 74.4 Å². The average molecular weight is 180 g/mol. The van der Waals surface area contributed by atoms with Crippen molar-refractivity contribution in [1.29, 1.82) is 0 Å². The van der Waals surface area contributed by atoms with E-state index in [0.29, 0.717) is 11.4 Å². The molecule has 2 N–H and O–H groups in total. The lowest BCUT2D eigenvalue weighted by Crippen LogP contribution is -2.31. The summed E-state index contributed by atoms with van der Waals surface area (Å²) in [5.41, 5.74) is 0.580. The minimum Gasteiger partial charge on any atom is -0.360 e. The third-order valence-electron chi connectivity index (χ3n) is 1.63. The minimum absolute atomic E-state index is 0.333. The van der Waals surface area contributed by atoms with E-state index in [9.17, 15) is 4.39 Å². The molecular weight excluding hydrogens is 173 g/mol. The lowest BCUT2D eigenvalue weighted by atomic mass is 10.2. The molecule has 4 nitrogen and oxygen atoms in total. The predicted molar refractivity (Wildman–Crippen MR) is 44.3 cm³/mol. The van der Waals surface area contributed by atoms with Gasteiger partial charge in [-0.15, -0.1) is 0 Å². The fraction of sp³-hybridized carbons (Fsp3) is 0. The number of hydrazine groups is 1. The first kappa shape index (κ1) is 8.00. The zero-order valence-electron chi connectivity index (χ0n) is 6.64. The molecule has 1 aromatic rings. The molecule has 0 spiro atoms. The highest BCUT2D eigenvalue weighted by Crippen LogP contribution is 2.12. The van der Waals surface area contributed by atoms with Crippen molar-refractivity contribution in [2.24, 2.45) is 11.0 Å². The van der Waals surface area contributed by atoms with Crippen molar-refractivity contribution in [3.63, 3.8) is 0 Å². The lowest BCUT2D eigenvalue weighted by molar-refractivity contribution is 0.185. The second kappa shape index (κ2) is 3.02. The Kier molecular flexibility index (Phi) is 1.86. The number of nitrogens with zero attached hydrogens (tertiary/aromatic N) is 2. The highest BCUT2D eigenvalue weighted by atomic mass is 19.1. The van der Waals surface area contributed by atoms with E-state index in [1.54, 1.807) is 12.1 Å². The van der Waals surface area contributed by atoms with Crippen LogP contribution in [0.3, 0.4) is 0 Å². The van der Waals surface area contributed by atoms with Crippen LogP contribution in [0.4, 0.5) is 4.39 Å². The molecule has 67 valence electrons. The Bertz CT molecular complexity index is 353. The maximum Gasteiger partial charge on any atom is 0.274 e. The number of hydrogen-bond acceptors (Lipinski definition) is 4. The van der Waals surface area contributed by atoms with Crippen molar-refractivity contribution < 1.29 is 9.23 Å². The van der Waals surface area contributed by atoms with Gasteiger partial charge in [0, 0.05) is 5.56 Å². The molecule has 1 aromatic carbocycles. The summed E-state index contributed by atoms with van der Waals surface area (Å²) in [5, 5.41) is 4.81. The fourth-order valence-corrected chi connectivity index (χ4v) is 1.05. The van der Waals surface area contributed by atoms with Gasteiger partial charge in [-0.1, -0.05) is 17.3 Å². The number of rotatable bonds is 1. The molecule has 0 atom stereocenters. The summed E-state index contributed by atoms with van der Waals surface area (Å²) in [4.78, 5) is 4.61. The zero-order chi connectivity index (χ0) is 9.26. The van der Waals surface area contributed by atoms with Gasteiger partial charge in [-0.25, -0.2) is 15.2 Å². The highest BCUT2D eigenvalue weighted by molar-refractivity contribution is 5.98.